The zero-order chi connectivity index (χ0) is 19.9. The summed E-state index contributed by atoms with van der Waals surface area (Å²) in [6.45, 7) is 0.392. The molecule has 0 aliphatic heterocycles. The molecular weight excluding hydrogens is 477 g/mol. The van der Waals surface area contributed by atoms with Gasteiger partial charge in [0.2, 0.25) is 0 Å². The number of ether oxygens (including phenoxy) is 1. The van der Waals surface area contributed by atoms with Crippen LogP contribution in [0.15, 0.2) is 61.3 Å². The Morgan fingerprint density at radius 1 is 1.29 bits per heavy atom. The van der Waals surface area contributed by atoms with E-state index in [-0.39, 0.29) is 24.1 Å². The molecular formula is C18H16IN5O4. The van der Waals surface area contributed by atoms with E-state index in [1.807, 2.05) is 12.1 Å². The van der Waals surface area contributed by atoms with Crippen LogP contribution in [-0.4, -0.2) is 38.0 Å². The molecule has 1 N–H and O–H groups in total. The fourth-order valence-corrected chi connectivity index (χ4v) is 2.83. The Bertz CT molecular complexity index is 947. The van der Waals surface area contributed by atoms with E-state index in [2.05, 4.69) is 37.9 Å². The summed E-state index contributed by atoms with van der Waals surface area (Å²) in [5.74, 6) is -0.354. The van der Waals surface area contributed by atoms with Crippen LogP contribution in [0.3, 0.4) is 0 Å². The Morgan fingerprint density at radius 2 is 2.07 bits per heavy atom. The predicted molar refractivity (Wildman–Crippen MR) is 109 cm³/mol. The number of rotatable bonds is 8. The van der Waals surface area contributed by atoms with Gasteiger partial charge in [0.15, 0.2) is 0 Å². The summed E-state index contributed by atoms with van der Waals surface area (Å²) >= 11 is 2.16. The third-order valence-electron chi connectivity index (χ3n) is 3.80. The van der Waals surface area contributed by atoms with Gasteiger partial charge >= 0.3 is 5.69 Å². The molecule has 1 unspecified atom stereocenters. The number of nitro groups is 1. The van der Waals surface area contributed by atoms with E-state index in [9.17, 15) is 14.9 Å². The van der Waals surface area contributed by atoms with Crippen LogP contribution >= 0.6 is 22.6 Å². The molecule has 28 heavy (non-hydrogen) atoms. The number of hydrogen-bond donors (Lipinski definition) is 1. The Morgan fingerprint density at radius 3 is 2.75 bits per heavy atom. The summed E-state index contributed by atoms with van der Waals surface area (Å²) in [5.41, 5.74) is 0.285. The van der Waals surface area contributed by atoms with E-state index >= 15 is 0 Å². The summed E-state index contributed by atoms with van der Waals surface area (Å²) < 4.78 is 8.37. The summed E-state index contributed by atoms with van der Waals surface area (Å²) in [4.78, 5) is 31.0. The minimum Gasteiger partial charge on any atom is -0.471 e. The fraction of sp³-hybridized carbons (Fsp3) is 0.167. The number of imidazole rings is 1. The minimum absolute atomic E-state index is 0.00609. The van der Waals surface area contributed by atoms with Gasteiger partial charge in [0.1, 0.15) is 6.61 Å². The first-order valence-electron chi connectivity index (χ1n) is 8.27. The third kappa shape index (κ3) is 5.25. The highest BCUT2D eigenvalue weighted by Gasteiger charge is 2.20. The van der Waals surface area contributed by atoms with E-state index in [1.54, 1.807) is 35.4 Å². The zero-order valence-electron chi connectivity index (χ0n) is 14.6. The van der Waals surface area contributed by atoms with Gasteiger partial charge in [-0.05, 0) is 52.9 Å². The van der Waals surface area contributed by atoms with Crippen molar-refractivity contribution < 1.29 is 14.5 Å². The molecule has 2 aromatic heterocycles. The molecule has 0 fully saturated rings. The number of carbonyl (C=O) groups excluding carboxylic acids is 1. The number of pyridine rings is 1. The van der Waals surface area contributed by atoms with Crippen molar-refractivity contribution in [3.63, 3.8) is 0 Å². The van der Waals surface area contributed by atoms with Crippen LogP contribution in [0.2, 0.25) is 0 Å². The first kappa shape index (κ1) is 19.7. The Hall–Kier alpha value is -3.02. The van der Waals surface area contributed by atoms with E-state index in [4.69, 9.17) is 4.74 Å². The average Bonchev–Trinajstić information content (AvgIpc) is 3.19. The molecule has 1 amide bonds. The molecule has 144 valence electrons. The van der Waals surface area contributed by atoms with Gasteiger partial charge in [-0.3, -0.25) is 14.9 Å². The third-order valence-corrected chi connectivity index (χ3v) is 4.52. The molecule has 0 radical (unpaired) electrons. The van der Waals surface area contributed by atoms with Crippen molar-refractivity contribution in [3.8, 4) is 5.88 Å². The molecule has 0 bridgehead atoms. The van der Waals surface area contributed by atoms with Crippen molar-refractivity contribution in [2.24, 2.45) is 0 Å². The number of halogens is 1. The lowest BCUT2D eigenvalue weighted by Crippen LogP contribution is -2.42. The van der Waals surface area contributed by atoms with Crippen LogP contribution in [0, 0.1) is 13.7 Å². The Labute approximate surface area is 174 Å². The monoisotopic (exact) mass is 493 g/mol. The minimum atomic E-state index is -0.558. The normalized spacial score (nSPS) is 11.6. The number of amides is 1. The number of aromatic nitrogens is 3. The highest BCUT2D eigenvalue weighted by molar-refractivity contribution is 14.1. The van der Waals surface area contributed by atoms with Gasteiger partial charge in [-0.25, -0.2) is 9.97 Å². The first-order valence-corrected chi connectivity index (χ1v) is 9.35. The van der Waals surface area contributed by atoms with Crippen molar-refractivity contribution in [1.82, 2.24) is 19.9 Å². The SMILES string of the molecule is O=C(NC(COc1ncccc1[N+](=O)[O-])Cn1ccnc1)c1ccc(I)cc1. The molecule has 2 heterocycles. The lowest BCUT2D eigenvalue weighted by Gasteiger charge is -2.19. The average molecular weight is 493 g/mol. The second-order valence-corrected chi connectivity index (χ2v) is 7.08. The van der Waals surface area contributed by atoms with Gasteiger partial charge in [0.05, 0.1) is 17.3 Å². The number of carbonyl (C=O) groups is 1. The van der Waals surface area contributed by atoms with Gasteiger partial charge in [0.25, 0.3) is 11.8 Å². The summed E-state index contributed by atoms with van der Waals surface area (Å²) in [7, 11) is 0. The van der Waals surface area contributed by atoms with Gasteiger partial charge in [-0.15, -0.1) is 0 Å². The van der Waals surface area contributed by atoms with Crippen LogP contribution in [-0.2, 0) is 6.54 Å². The highest BCUT2D eigenvalue weighted by atomic mass is 127. The quantitative estimate of drug-likeness (QED) is 0.294. The summed E-state index contributed by atoms with van der Waals surface area (Å²) in [6, 6.07) is 9.47. The van der Waals surface area contributed by atoms with Crippen LogP contribution < -0.4 is 10.1 Å². The van der Waals surface area contributed by atoms with Crippen molar-refractivity contribution >= 4 is 34.2 Å². The largest absolute Gasteiger partial charge is 0.471 e. The van der Waals surface area contributed by atoms with Crippen molar-refractivity contribution in [2.75, 3.05) is 6.61 Å². The predicted octanol–water partition coefficient (Wildman–Crippen LogP) is 2.67. The molecule has 0 saturated heterocycles. The van der Waals surface area contributed by atoms with Crippen LogP contribution in [0.1, 0.15) is 10.4 Å². The van der Waals surface area contributed by atoms with Crippen molar-refractivity contribution in [1.29, 1.82) is 0 Å². The molecule has 1 atom stereocenters. The van der Waals surface area contributed by atoms with Gasteiger partial charge < -0.3 is 14.6 Å². The molecule has 3 aromatic rings. The maximum atomic E-state index is 12.6. The van der Waals surface area contributed by atoms with E-state index in [0.29, 0.717) is 12.1 Å². The number of nitrogens with one attached hydrogen (secondary N) is 1. The van der Waals surface area contributed by atoms with E-state index < -0.39 is 11.0 Å². The molecule has 0 saturated carbocycles. The van der Waals surface area contributed by atoms with Gasteiger partial charge in [0, 0.05) is 40.3 Å². The first-order chi connectivity index (χ1) is 13.5. The maximum Gasteiger partial charge on any atom is 0.330 e. The van der Waals surface area contributed by atoms with Crippen LogP contribution in [0.5, 0.6) is 5.88 Å². The molecule has 10 heteroatoms. The zero-order valence-corrected chi connectivity index (χ0v) is 16.7. The topological polar surface area (TPSA) is 112 Å². The molecule has 0 spiro atoms. The Balaban J connectivity index is 1.73. The number of nitrogens with zero attached hydrogens (tertiary/aromatic N) is 4. The summed E-state index contributed by atoms with van der Waals surface area (Å²) in [6.07, 6.45) is 6.42. The lowest BCUT2D eigenvalue weighted by atomic mass is 10.2. The molecule has 1 aromatic carbocycles. The fourth-order valence-electron chi connectivity index (χ4n) is 2.47. The van der Waals surface area contributed by atoms with Gasteiger partial charge in [-0.1, -0.05) is 0 Å². The standard InChI is InChI=1S/C18H16IN5O4/c19-14-5-3-13(4-6-14)17(25)22-15(10-23-9-8-20-12-23)11-28-18-16(24(26)27)2-1-7-21-18/h1-9,12,15H,10-11H2,(H,22,25). The van der Waals surface area contributed by atoms with E-state index in [0.717, 1.165) is 3.57 Å². The second-order valence-electron chi connectivity index (χ2n) is 5.83. The summed E-state index contributed by atoms with van der Waals surface area (Å²) in [5, 5.41) is 14.0. The molecule has 0 aliphatic rings. The smallest absolute Gasteiger partial charge is 0.330 e. The van der Waals surface area contributed by atoms with Crippen molar-refractivity contribution in [3.05, 3.63) is 80.6 Å². The van der Waals surface area contributed by atoms with E-state index in [1.165, 1.54) is 18.3 Å². The lowest BCUT2D eigenvalue weighted by molar-refractivity contribution is -0.386. The van der Waals surface area contributed by atoms with Crippen LogP contribution in [0.25, 0.3) is 0 Å². The Kier molecular flexibility index (Phi) is 6.53. The van der Waals surface area contributed by atoms with Gasteiger partial charge in [-0.2, -0.15) is 0 Å². The number of hydrogen-bond acceptors (Lipinski definition) is 6. The van der Waals surface area contributed by atoms with Crippen LogP contribution in [0.4, 0.5) is 5.69 Å². The van der Waals surface area contributed by atoms with Crippen molar-refractivity contribution in [2.45, 2.75) is 12.6 Å². The maximum absolute atomic E-state index is 12.6. The number of benzene rings is 1. The highest BCUT2D eigenvalue weighted by Crippen LogP contribution is 2.23. The molecule has 0 aliphatic carbocycles. The molecule has 3 rings (SSSR count). The molecule has 9 nitrogen and oxygen atoms in total. The second kappa shape index (κ2) is 9.26.